The normalized spacial score (nSPS) is 11.0. The second kappa shape index (κ2) is 7.37. The highest BCUT2D eigenvalue weighted by atomic mass is 35.5. The number of rotatable bonds is 5. The molecule has 0 saturated heterocycles. The van der Waals surface area contributed by atoms with E-state index < -0.39 is 0 Å². The van der Waals surface area contributed by atoms with Gasteiger partial charge in [-0.3, -0.25) is 0 Å². The predicted molar refractivity (Wildman–Crippen MR) is 90.0 cm³/mol. The van der Waals surface area contributed by atoms with Gasteiger partial charge < -0.3 is 10.1 Å². The van der Waals surface area contributed by atoms with Crippen LogP contribution in [0.3, 0.4) is 0 Å². The molecule has 2 rings (SSSR count). The minimum absolute atomic E-state index is 0.378. The number of hydrogen-bond acceptors (Lipinski definition) is 2. The van der Waals surface area contributed by atoms with E-state index in [1.54, 1.807) is 24.3 Å². The quantitative estimate of drug-likeness (QED) is 0.725. The van der Waals surface area contributed by atoms with Crippen molar-refractivity contribution in [3.63, 3.8) is 0 Å². The van der Waals surface area contributed by atoms with Crippen LogP contribution in [0.4, 0.5) is 0 Å². The van der Waals surface area contributed by atoms with E-state index in [4.69, 9.17) is 39.5 Å². The third-order valence-corrected chi connectivity index (χ3v) is 3.63. The zero-order valence-corrected chi connectivity index (χ0v) is 14.1. The van der Waals surface area contributed by atoms with Crippen LogP contribution in [0.15, 0.2) is 36.4 Å². The summed E-state index contributed by atoms with van der Waals surface area (Å²) in [6.45, 7) is 4.86. The molecule has 0 saturated carbocycles. The van der Waals surface area contributed by atoms with Gasteiger partial charge >= 0.3 is 0 Å². The van der Waals surface area contributed by atoms with Gasteiger partial charge in [-0.2, -0.15) is 0 Å². The van der Waals surface area contributed by atoms with E-state index in [0.717, 1.165) is 5.56 Å². The lowest BCUT2D eigenvalue weighted by Crippen LogP contribution is -2.22. The molecule has 0 radical (unpaired) electrons. The van der Waals surface area contributed by atoms with Crippen LogP contribution >= 0.6 is 34.8 Å². The van der Waals surface area contributed by atoms with Gasteiger partial charge in [-0.1, -0.05) is 54.7 Å². The van der Waals surface area contributed by atoms with Crippen molar-refractivity contribution in [1.29, 1.82) is 0 Å². The van der Waals surface area contributed by atoms with Gasteiger partial charge in [0.25, 0.3) is 0 Å². The van der Waals surface area contributed by atoms with Gasteiger partial charge in [-0.15, -0.1) is 0 Å². The molecule has 0 spiro atoms. The Labute approximate surface area is 140 Å². The Hall–Kier alpha value is -0.930. The molecule has 0 aliphatic carbocycles. The average molecular weight is 345 g/mol. The van der Waals surface area contributed by atoms with Crippen molar-refractivity contribution in [2.24, 2.45) is 0 Å². The molecule has 0 aliphatic rings. The van der Waals surface area contributed by atoms with Crippen molar-refractivity contribution in [2.75, 3.05) is 0 Å². The molecule has 0 amide bonds. The van der Waals surface area contributed by atoms with E-state index in [2.05, 4.69) is 19.2 Å². The lowest BCUT2D eigenvalue weighted by atomic mass is 10.2. The number of benzene rings is 2. The fourth-order valence-corrected chi connectivity index (χ4v) is 2.24. The minimum atomic E-state index is 0.378. The van der Waals surface area contributed by atoms with Gasteiger partial charge in [0.05, 0.1) is 5.02 Å². The standard InChI is InChI=1S/C16H16Cl3NO/c1-10(2)20-9-11-3-4-12(17)7-15(11)21-16-8-13(18)5-6-14(16)19/h3-8,10,20H,9H2,1-2H3. The molecular weight excluding hydrogens is 329 g/mol. The largest absolute Gasteiger partial charge is 0.455 e. The Kier molecular flexibility index (Phi) is 5.77. The number of ether oxygens (including phenoxy) is 1. The van der Waals surface area contributed by atoms with Crippen LogP contribution in [0.2, 0.25) is 15.1 Å². The van der Waals surface area contributed by atoms with E-state index >= 15 is 0 Å². The van der Waals surface area contributed by atoms with Crippen molar-refractivity contribution in [1.82, 2.24) is 5.32 Å². The molecule has 112 valence electrons. The Morgan fingerprint density at radius 1 is 0.952 bits per heavy atom. The van der Waals surface area contributed by atoms with Crippen LogP contribution < -0.4 is 10.1 Å². The van der Waals surface area contributed by atoms with E-state index in [1.165, 1.54) is 0 Å². The summed E-state index contributed by atoms with van der Waals surface area (Å²) in [6, 6.07) is 11.0. The van der Waals surface area contributed by atoms with Gasteiger partial charge in [0.1, 0.15) is 11.5 Å². The number of halogens is 3. The number of nitrogens with one attached hydrogen (secondary N) is 1. The first-order chi connectivity index (χ1) is 9.95. The molecule has 5 heteroatoms. The minimum Gasteiger partial charge on any atom is -0.455 e. The van der Waals surface area contributed by atoms with Crippen molar-refractivity contribution >= 4 is 34.8 Å². The zero-order valence-electron chi connectivity index (χ0n) is 11.8. The summed E-state index contributed by atoms with van der Waals surface area (Å²) >= 11 is 18.2. The highest BCUT2D eigenvalue weighted by Crippen LogP contribution is 2.34. The van der Waals surface area contributed by atoms with Crippen LogP contribution in [-0.4, -0.2) is 6.04 Å². The second-order valence-electron chi connectivity index (χ2n) is 4.96. The topological polar surface area (TPSA) is 21.3 Å². The smallest absolute Gasteiger partial charge is 0.147 e. The van der Waals surface area contributed by atoms with Gasteiger partial charge in [0, 0.05) is 34.3 Å². The third-order valence-electron chi connectivity index (χ3n) is 2.84. The maximum absolute atomic E-state index is 6.13. The Bertz CT molecular complexity index is 629. The Morgan fingerprint density at radius 2 is 1.57 bits per heavy atom. The Balaban J connectivity index is 2.29. The summed E-state index contributed by atoms with van der Waals surface area (Å²) in [4.78, 5) is 0. The van der Waals surface area contributed by atoms with Crippen LogP contribution in [0, 0.1) is 0 Å². The Morgan fingerprint density at radius 3 is 2.24 bits per heavy atom. The molecule has 0 aromatic heterocycles. The summed E-state index contributed by atoms with van der Waals surface area (Å²) in [5.74, 6) is 1.18. The fourth-order valence-electron chi connectivity index (χ4n) is 1.76. The van der Waals surface area contributed by atoms with E-state index in [0.29, 0.717) is 39.2 Å². The number of hydrogen-bond donors (Lipinski definition) is 1. The highest BCUT2D eigenvalue weighted by Gasteiger charge is 2.10. The van der Waals surface area contributed by atoms with E-state index in [9.17, 15) is 0 Å². The molecule has 21 heavy (non-hydrogen) atoms. The molecule has 0 atom stereocenters. The summed E-state index contributed by atoms with van der Waals surface area (Å²) in [5, 5.41) is 5.03. The predicted octanol–water partition coefficient (Wildman–Crippen LogP) is 5.94. The summed E-state index contributed by atoms with van der Waals surface area (Å²) in [5.41, 5.74) is 1.00. The molecule has 2 nitrogen and oxygen atoms in total. The fraction of sp³-hybridized carbons (Fsp3) is 0.250. The molecule has 0 fully saturated rings. The average Bonchev–Trinajstić information content (AvgIpc) is 2.42. The first kappa shape index (κ1) is 16.4. The SMILES string of the molecule is CC(C)NCc1ccc(Cl)cc1Oc1cc(Cl)ccc1Cl. The lowest BCUT2D eigenvalue weighted by molar-refractivity contribution is 0.470. The molecular formula is C16H16Cl3NO. The molecule has 2 aromatic carbocycles. The molecule has 0 bridgehead atoms. The third kappa shape index (κ3) is 4.79. The van der Waals surface area contributed by atoms with Crippen molar-refractivity contribution in [2.45, 2.75) is 26.4 Å². The first-order valence-electron chi connectivity index (χ1n) is 6.60. The maximum Gasteiger partial charge on any atom is 0.147 e. The molecule has 2 aromatic rings. The van der Waals surface area contributed by atoms with Gasteiger partial charge in [-0.05, 0) is 24.3 Å². The van der Waals surface area contributed by atoms with Crippen molar-refractivity contribution < 1.29 is 4.74 Å². The van der Waals surface area contributed by atoms with Crippen LogP contribution in [0.1, 0.15) is 19.4 Å². The molecule has 0 heterocycles. The molecule has 0 unspecified atom stereocenters. The summed E-state index contributed by atoms with van der Waals surface area (Å²) < 4.78 is 5.89. The zero-order chi connectivity index (χ0) is 15.4. The molecule has 0 aliphatic heterocycles. The van der Waals surface area contributed by atoms with Crippen LogP contribution in [-0.2, 0) is 6.54 Å². The van der Waals surface area contributed by atoms with Crippen molar-refractivity contribution in [3.05, 3.63) is 57.0 Å². The van der Waals surface area contributed by atoms with Gasteiger partial charge in [-0.25, -0.2) is 0 Å². The van der Waals surface area contributed by atoms with Crippen molar-refractivity contribution in [3.8, 4) is 11.5 Å². The van der Waals surface area contributed by atoms with Gasteiger partial charge in [0.15, 0.2) is 0 Å². The van der Waals surface area contributed by atoms with Gasteiger partial charge in [0.2, 0.25) is 0 Å². The van der Waals surface area contributed by atoms with Crippen LogP contribution in [0.5, 0.6) is 11.5 Å². The molecule has 1 N–H and O–H groups in total. The highest BCUT2D eigenvalue weighted by molar-refractivity contribution is 6.34. The lowest BCUT2D eigenvalue weighted by Gasteiger charge is -2.15. The van der Waals surface area contributed by atoms with Crippen LogP contribution in [0.25, 0.3) is 0 Å². The second-order valence-corrected chi connectivity index (χ2v) is 6.24. The summed E-state index contributed by atoms with van der Waals surface area (Å²) in [7, 11) is 0. The maximum atomic E-state index is 6.13. The van der Waals surface area contributed by atoms with E-state index in [-0.39, 0.29) is 0 Å². The monoisotopic (exact) mass is 343 g/mol. The first-order valence-corrected chi connectivity index (χ1v) is 7.74. The van der Waals surface area contributed by atoms with E-state index in [1.807, 2.05) is 12.1 Å². The summed E-state index contributed by atoms with van der Waals surface area (Å²) in [6.07, 6.45) is 0.